The number of aromatic nitrogens is 1. The highest BCUT2D eigenvalue weighted by atomic mass is 32.1. The summed E-state index contributed by atoms with van der Waals surface area (Å²) in [6, 6.07) is 24.4. The first kappa shape index (κ1) is 17.1. The van der Waals surface area contributed by atoms with Crippen molar-refractivity contribution >= 4 is 22.7 Å². The molecule has 1 heterocycles. The Labute approximate surface area is 160 Å². The number of anilines is 1. The summed E-state index contributed by atoms with van der Waals surface area (Å²) >= 11 is 1.50. The van der Waals surface area contributed by atoms with Gasteiger partial charge in [-0.3, -0.25) is 5.43 Å². The molecule has 1 aromatic heterocycles. The third-order valence-electron chi connectivity index (χ3n) is 4.02. The van der Waals surface area contributed by atoms with Gasteiger partial charge in [-0.1, -0.05) is 66.7 Å². The molecule has 0 bridgehead atoms. The van der Waals surface area contributed by atoms with Crippen molar-refractivity contribution < 1.29 is 4.39 Å². The van der Waals surface area contributed by atoms with Gasteiger partial charge in [-0.2, -0.15) is 5.10 Å². The van der Waals surface area contributed by atoms with Crippen molar-refractivity contribution in [2.75, 3.05) is 5.43 Å². The molecule has 27 heavy (non-hydrogen) atoms. The Balaban J connectivity index is 1.47. The molecule has 1 N–H and O–H groups in total. The number of rotatable bonds is 5. The van der Waals surface area contributed by atoms with E-state index in [1.807, 2.05) is 66.0 Å². The molecule has 4 rings (SSSR count). The standard InChI is InChI=1S/C22H16FN3S/c23-20-12-5-4-11-19(20)18-10-6-7-16(13-18)14-24-26-22-25-21(15-27-22)17-8-2-1-3-9-17/h1-15H,(H,25,26). The van der Waals surface area contributed by atoms with Gasteiger partial charge in [-0.05, 0) is 23.3 Å². The molecule has 5 heteroatoms. The van der Waals surface area contributed by atoms with Gasteiger partial charge >= 0.3 is 0 Å². The minimum absolute atomic E-state index is 0.235. The number of nitrogens with zero attached hydrogens (tertiary/aromatic N) is 2. The van der Waals surface area contributed by atoms with Crippen LogP contribution < -0.4 is 5.43 Å². The molecule has 0 atom stereocenters. The number of nitrogens with one attached hydrogen (secondary N) is 1. The molecular weight excluding hydrogens is 357 g/mol. The zero-order valence-corrected chi connectivity index (χ0v) is 15.2. The summed E-state index contributed by atoms with van der Waals surface area (Å²) in [6.07, 6.45) is 1.70. The largest absolute Gasteiger partial charge is 0.253 e. The molecule has 0 spiro atoms. The van der Waals surface area contributed by atoms with E-state index in [0.29, 0.717) is 5.56 Å². The Kier molecular flexibility index (Phi) is 5.03. The number of thiazole rings is 1. The first-order valence-corrected chi connectivity index (χ1v) is 9.32. The second kappa shape index (κ2) is 7.93. The fourth-order valence-electron chi connectivity index (χ4n) is 2.71. The predicted molar refractivity (Wildman–Crippen MR) is 111 cm³/mol. The number of hydrogen-bond acceptors (Lipinski definition) is 4. The Morgan fingerprint density at radius 2 is 1.67 bits per heavy atom. The molecule has 3 nitrogen and oxygen atoms in total. The lowest BCUT2D eigenvalue weighted by Gasteiger charge is -2.04. The monoisotopic (exact) mass is 373 g/mol. The van der Waals surface area contributed by atoms with Crippen LogP contribution in [0, 0.1) is 5.82 Å². The maximum absolute atomic E-state index is 14.0. The molecule has 0 amide bonds. The molecule has 0 unspecified atom stereocenters. The molecule has 0 aliphatic carbocycles. The van der Waals surface area contributed by atoms with Gasteiger partial charge < -0.3 is 0 Å². The molecule has 4 aromatic rings. The SMILES string of the molecule is Fc1ccccc1-c1cccc(C=NNc2nc(-c3ccccc3)cs2)c1. The van der Waals surface area contributed by atoms with Crippen molar-refractivity contribution in [1.29, 1.82) is 0 Å². The van der Waals surface area contributed by atoms with Crippen LogP contribution in [0.25, 0.3) is 22.4 Å². The summed E-state index contributed by atoms with van der Waals surface area (Å²) < 4.78 is 14.0. The van der Waals surface area contributed by atoms with Crippen molar-refractivity contribution in [3.8, 4) is 22.4 Å². The predicted octanol–water partition coefficient (Wildman–Crippen LogP) is 6.06. The highest BCUT2D eigenvalue weighted by Gasteiger charge is 2.05. The fraction of sp³-hybridized carbons (Fsp3) is 0. The van der Waals surface area contributed by atoms with Crippen molar-refractivity contribution in [2.45, 2.75) is 0 Å². The van der Waals surface area contributed by atoms with Crippen molar-refractivity contribution in [3.05, 3.63) is 95.6 Å². The minimum Gasteiger partial charge on any atom is -0.253 e. The molecule has 0 saturated heterocycles. The lowest BCUT2D eigenvalue weighted by atomic mass is 10.0. The van der Waals surface area contributed by atoms with Crippen molar-refractivity contribution in [1.82, 2.24) is 4.98 Å². The lowest BCUT2D eigenvalue weighted by Crippen LogP contribution is -1.91. The molecule has 0 aliphatic heterocycles. The van der Waals surface area contributed by atoms with E-state index < -0.39 is 0 Å². The van der Waals surface area contributed by atoms with E-state index in [2.05, 4.69) is 15.5 Å². The van der Waals surface area contributed by atoms with Crippen LogP contribution in [-0.4, -0.2) is 11.2 Å². The summed E-state index contributed by atoms with van der Waals surface area (Å²) in [5.74, 6) is -0.235. The molecule has 132 valence electrons. The highest BCUT2D eigenvalue weighted by molar-refractivity contribution is 7.14. The van der Waals surface area contributed by atoms with Crippen molar-refractivity contribution in [3.63, 3.8) is 0 Å². The van der Waals surface area contributed by atoms with Gasteiger partial charge in [-0.15, -0.1) is 11.3 Å². The van der Waals surface area contributed by atoms with Gasteiger partial charge in [0.15, 0.2) is 0 Å². The number of hydrazone groups is 1. The second-order valence-corrected chi connectivity index (χ2v) is 6.74. The zero-order chi connectivity index (χ0) is 18.5. The van der Waals surface area contributed by atoms with E-state index in [9.17, 15) is 4.39 Å². The third kappa shape index (κ3) is 4.10. The molecule has 0 radical (unpaired) electrons. The van der Waals surface area contributed by atoms with Crippen LogP contribution in [0.3, 0.4) is 0 Å². The van der Waals surface area contributed by atoms with Crippen LogP contribution in [0.4, 0.5) is 9.52 Å². The molecule has 0 saturated carbocycles. The first-order chi connectivity index (χ1) is 13.3. The van der Waals surface area contributed by atoms with Crippen LogP contribution >= 0.6 is 11.3 Å². The maximum Gasteiger partial charge on any atom is 0.203 e. The summed E-state index contributed by atoms with van der Waals surface area (Å²) in [6.45, 7) is 0. The number of hydrogen-bond donors (Lipinski definition) is 1. The second-order valence-electron chi connectivity index (χ2n) is 5.88. The fourth-order valence-corrected chi connectivity index (χ4v) is 3.38. The van der Waals surface area contributed by atoms with Gasteiger partial charge in [0.2, 0.25) is 5.13 Å². The average molecular weight is 373 g/mol. The van der Waals surface area contributed by atoms with Crippen LogP contribution in [0.15, 0.2) is 89.3 Å². The average Bonchev–Trinajstić information content (AvgIpc) is 3.18. The normalized spacial score (nSPS) is 11.0. The number of benzene rings is 3. The molecule has 0 aliphatic rings. The Morgan fingerprint density at radius 1 is 0.889 bits per heavy atom. The van der Waals surface area contributed by atoms with E-state index in [4.69, 9.17) is 0 Å². The van der Waals surface area contributed by atoms with Gasteiger partial charge in [0.05, 0.1) is 11.9 Å². The summed E-state index contributed by atoms with van der Waals surface area (Å²) in [5, 5.41) is 6.97. The van der Waals surface area contributed by atoms with E-state index in [1.54, 1.807) is 18.3 Å². The zero-order valence-electron chi connectivity index (χ0n) is 14.3. The molecular formula is C22H16FN3S. The van der Waals surface area contributed by atoms with Crippen LogP contribution in [0.2, 0.25) is 0 Å². The van der Waals surface area contributed by atoms with E-state index in [0.717, 1.165) is 27.5 Å². The Hall–Kier alpha value is -3.31. The number of halogens is 1. The van der Waals surface area contributed by atoms with Crippen LogP contribution in [-0.2, 0) is 0 Å². The maximum atomic E-state index is 14.0. The molecule has 3 aromatic carbocycles. The smallest absolute Gasteiger partial charge is 0.203 e. The molecule has 0 fully saturated rings. The van der Waals surface area contributed by atoms with Crippen molar-refractivity contribution in [2.24, 2.45) is 5.10 Å². The van der Waals surface area contributed by atoms with E-state index >= 15 is 0 Å². The van der Waals surface area contributed by atoms with Gasteiger partial charge in [0, 0.05) is 16.5 Å². The van der Waals surface area contributed by atoms with Gasteiger partial charge in [-0.25, -0.2) is 9.37 Å². The van der Waals surface area contributed by atoms with E-state index in [1.165, 1.54) is 17.4 Å². The van der Waals surface area contributed by atoms with E-state index in [-0.39, 0.29) is 5.82 Å². The summed E-state index contributed by atoms with van der Waals surface area (Å²) in [5.41, 5.74) is 7.22. The van der Waals surface area contributed by atoms with Crippen LogP contribution in [0.5, 0.6) is 0 Å². The Morgan fingerprint density at radius 3 is 2.52 bits per heavy atom. The van der Waals surface area contributed by atoms with Gasteiger partial charge in [0.25, 0.3) is 0 Å². The van der Waals surface area contributed by atoms with Crippen LogP contribution in [0.1, 0.15) is 5.56 Å². The lowest BCUT2D eigenvalue weighted by molar-refractivity contribution is 0.631. The van der Waals surface area contributed by atoms with Gasteiger partial charge in [0.1, 0.15) is 5.82 Å². The third-order valence-corrected chi connectivity index (χ3v) is 4.77. The highest BCUT2D eigenvalue weighted by Crippen LogP contribution is 2.25. The minimum atomic E-state index is -0.235. The Bertz CT molecular complexity index is 1070. The first-order valence-electron chi connectivity index (χ1n) is 8.44. The summed E-state index contributed by atoms with van der Waals surface area (Å²) in [7, 11) is 0. The quantitative estimate of drug-likeness (QED) is 0.341. The summed E-state index contributed by atoms with van der Waals surface area (Å²) in [4.78, 5) is 4.53. The topological polar surface area (TPSA) is 37.3 Å².